The minimum Gasteiger partial charge on any atom is -0.497 e. The standard InChI is InChI=1S/C25H32N2O6/c1-31-21-7-4-5-19(15-21)9-10-20-6-2-3-8-23(20)32-17-22(16-27-14-13-26-18-27)33-25(30)12-11-24(28)29/h2-8,15,22,26H,9-14,16-18H2,1H3,(H,28,29). The number of benzene rings is 2. The third-order valence-electron chi connectivity index (χ3n) is 5.46. The number of esters is 1. The molecule has 1 heterocycles. The van der Waals surface area contributed by atoms with Gasteiger partial charge < -0.3 is 24.6 Å². The van der Waals surface area contributed by atoms with Gasteiger partial charge in [-0.2, -0.15) is 0 Å². The molecular formula is C25H32N2O6. The van der Waals surface area contributed by atoms with Gasteiger partial charge in [-0.15, -0.1) is 0 Å². The number of carbonyl (C=O) groups is 2. The zero-order valence-corrected chi connectivity index (χ0v) is 19.0. The number of carboxylic acids is 1. The number of aliphatic carboxylic acids is 1. The van der Waals surface area contributed by atoms with Crippen LogP contribution >= 0.6 is 0 Å². The average molecular weight is 457 g/mol. The van der Waals surface area contributed by atoms with E-state index in [1.807, 2.05) is 42.5 Å². The van der Waals surface area contributed by atoms with Gasteiger partial charge in [-0.3, -0.25) is 14.5 Å². The van der Waals surface area contributed by atoms with E-state index in [4.69, 9.17) is 19.3 Å². The van der Waals surface area contributed by atoms with E-state index in [1.54, 1.807) is 7.11 Å². The van der Waals surface area contributed by atoms with Crippen molar-refractivity contribution in [3.63, 3.8) is 0 Å². The maximum atomic E-state index is 12.1. The van der Waals surface area contributed by atoms with Crippen LogP contribution in [0.3, 0.4) is 0 Å². The molecule has 1 atom stereocenters. The number of methoxy groups -OCH3 is 1. The second-order valence-electron chi connectivity index (χ2n) is 8.01. The lowest BCUT2D eigenvalue weighted by molar-refractivity contribution is -0.154. The molecule has 178 valence electrons. The van der Waals surface area contributed by atoms with Crippen molar-refractivity contribution >= 4 is 11.9 Å². The Hall–Kier alpha value is -3.10. The summed E-state index contributed by atoms with van der Waals surface area (Å²) in [6.07, 6.45) is 0.747. The van der Waals surface area contributed by atoms with Crippen molar-refractivity contribution in [3.8, 4) is 11.5 Å². The monoisotopic (exact) mass is 456 g/mol. The van der Waals surface area contributed by atoms with Crippen LogP contribution in [0.4, 0.5) is 0 Å². The van der Waals surface area contributed by atoms with Gasteiger partial charge in [0.1, 0.15) is 24.2 Å². The Morgan fingerprint density at radius 2 is 1.97 bits per heavy atom. The molecule has 3 rings (SSSR count). The van der Waals surface area contributed by atoms with Crippen molar-refractivity contribution in [2.45, 2.75) is 31.8 Å². The number of hydrogen-bond acceptors (Lipinski definition) is 7. The first-order valence-corrected chi connectivity index (χ1v) is 11.2. The summed E-state index contributed by atoms with van der Waals surface area (Å²) < 4.78 is 17.0. The van der Waals surface area contributed by atoms with Crippen molar-refractivity contribution in [1.29, 1.82) is 0 Å². The minimum absolute atomic E-state index is 0.152. The average Bonchev–Trinajstić information content (AvgIpc) is 3.33. The minimum atomic E-state index is -1.02. The highest BCUT2D eigenvalue weighted by atomic mass is 16.6. The summed E-state index contributed by atoms with van der Waals surface area (Å²) in [4.78, 5) is 25.0. The van der Waals surface area contributed by atoms with E-state index in [0.29, 0.717) is 6.54 Å². The van der Waals surface area contributed by atoms with Crippen molar-refractivity contribution in [3.05, 3.63) is 59.7 Å². The Morgan fingerprint density at radius 3 is 2.73 bits per heavy atom. The molecule has 0 saturated carbocycles. The molecule has 1 saturated heterocycles. The summed E-state index contributed by atoms with van der Waals surface area (Å²) >= 11 is 0. The van der Waals surface area contributed by atoms with Crippen LogP contribution in [-0.4, -0.2) is 68.1 Å². The van der Waals surface area contributed by atoms with Crippen LogP contribution in [0.5, 0.6) is 11.5 Å². The summed E-state index contributed by atoms with van der Waals surface area (Å²) in [5, 5.41) is 12.1. The molecule has 0 amide bonds. The van der Waals surface area contributed by atoms with Crippen LogP contribution in [0.15, 0.2) is 48.5 Å². The Morgan fingerprint density at radius 1 is 1.12 bits per heavy atom. The first-order chi connectivity index (χ1) is 16.0. The number of ether oxygens (including phenoxy) is 3. The molecule has 1 unspecified atom stereocenters. The maximum Gasteiger partial charge on any atom is 0.306 e. The zero-order valence-electron chi connectivity index (χ0n) is 19.0. The smallest absolute Gasteiger partial charge is 0.306 e. The van der Waals surface area contributed by atoms with Gasteiger partial charge in [0, 0.05) is 26.3 Å². The SMILES string of the molecule is COc1cccc(CCc2ccccc2OCC(CN2CCNC2)OC(=O)CCC(=O)O)c1. The summed E-state index contributed by atoms with van der Waals surface area (Å²) in [6.45, 7) is 3.19. The summed E-state index contributed by atoms with van der Waals surface area (Å²) in [7, 11) is 1.66. The van der Waals surface area contributed by atoms with Gasteiger partial charge in [-0.1, -0.05) is 30.3 Å². The van der Waals surface area contributed by atoms with E-state index in [-0.39, 0.29) is 19.4 Å². The number of nitrogens with one attached hydrogen (secondary N) is 1. The third kappa shape index (κ3) is 8.40. The lowest BCUT2D eigenvalue weighted by atomic mass is 10.0. The number of hydrogen-bond donors (Lipinski definition) is 2. The first kappa shape index (κ1) is 24.5. The van der Waals surface area contributed by atoms with Crippen LogP contribution < -0.4 is 14.8 Å². The fourth-order valence-electron chi connectivity index (χ4n) is 3.72. The molecule has 0 spiro atoms. The number of carbonyl (C=O) groups excluding carboxylic acids is 1. The predicted molar refractivity (Wildman–Crippen MR) is 124 cm³/mol. The van der Waals surface area contributed by atoms with E-state index in [0.717, 1.165) is 49.7 Å². The molecule has 2 N–H and O–H groups in total. The molecule has 1 aliphatic heterocycles. The van der Waals surface area contributed by atoms with Gasteiger partial charge in [0.2, 0.25) is 0 Å². The van der Waals surface area contributed by atoms with E-state index >= 15 is 0 Å². The van der Waals surface area contributed by atoms with Gasteiger partial charge in [0.05, 0.1) is 20.0 Å². The van der Waals surface area contributed by atoms with E-state index in [1.165, 1.54) is 5.56 Å². The molecule has 1 aliphatic rings. The number of carboxylic acid groups (broad SMARTS) is 1. The lowest BCUT2D eigenvalue weighted by Gasteiger charge is -2.24. The first-order valence-electron chi connectivity index (χ1n) is 11.2. The fraction of sp³-hybridized carbons (Fsp3) is 0.440. The van der Waals surface area contributed by atoms with Crippen molar-refractivity contribution in [2.24, 2.45) is 0 Å². The molecule has 2 aromatic carbocycles. The van der Waals surface area contributed by atoms with E-state index < -0.39 is 18.0 Å². The van der Waals surface area contributed by atoms with Crippen LogP contribution in [-0.2, 0) is 27.2 Å². The number of nitrogens with zero attached hydrogens (tertiary/aromatic N) is 1. The highest BCUT2D eigenvalue weighted by Crippen LogP contribution is 2.22. The Balaban J connectivity index is 1.60. The summed E-state index contributed by atoms with van der Waals surface area (Å²) in [5.74, 6) is 0.0467. The molecule has 0 radical (unpaired) electrons. The van der Waals surface area contributed by atoms with Crippen LogP contribution in [0.25, 0.3) is 0 Å². The Labute approximate surface area is 194 Å². The van der Waals surface area contributed by atoms with Gasteiger partial charge in [0.15, 0.2) is 0 Å². The second-order valence-corrected chi connectivity index (χ2v) is 8.01. The van der Waals surface area contributed by atoms with Crippen molar-refractivity contribution in [2.75, 3.05) is 40.0 Å². The topological polar surface area (TPSA) is 97.3 Å². The number of para-hydroxylation sites is 1. The maximum absolute atomic E-state index is 12.1. The Kier molecular flexibility index (Phi) is 9.53. The predicted octanol–water partition coefficient (Wildman–Crippen LogP) is 2.50. The molecule has 2 aromatic rings. The highest BCUT2D eigenvalue weighted by Gasteiger charge is 2.22. The van der Waals surface area contributed by atoms with Gasteiger partial charge in [0.25, 0.3) is 0 Å². The lowest BCUT2D eigenvalue weighted by Crippen LogP contribution is -2.38. The highest BCUT2D eigenvalue weighted by molar-refractivity contribution is 5.76. The van der Waals surface area contributed by atoms with Crippen molar-refractivity contribution in [1.82, 2.24) is 10.2 Å². The van der Waals surface area contributed by atoms with E-state index in [9.17, 15) is 9.59 Å². The quantitative estimate of drug-likeness (QED) is 0.444. The fourth-order valence-corrected chi connectivity index (χ4v) is 3.72. The molecule has 0 aliphatic carbocycles. The van der Waals surface area contributed by atoms with E-state index in [2.05, 4.69) is 16.3 Å². The molecule has 8 nitrogen and oxygen atoms in total. The third-order valence-corrected chi connectivity index (χ3v) is 5.46. The van der Waals surface area contributed by atoms with Crippen LogP contribution in [0, 0.1) is 0 Å². The van der Waals surface area contributed by atoms with Gasteiger partial charge >= 0.3 is 11.9 Å². The van der Waals surface area contributed by atoms with Crippen molar-refractivity contribution < 1.29 is 28.9 Å². The summed E-state index contributed by atoms with van der Waals surface area (Å²) in [5.41, 5.74) is 2.25. The van der Waals surface area contributed by atoms with Crippen LogP contribution in [0.1, 0.15) is 24.0 Å². The molecule has 1 fully saturated rings. The zero-order chi connectivity index (χ0) is 23.5. The van der Waals surface area contributed by atoms with Gasteiger partial charge in [-0.05, 0) is 42.2 Å². The van der Waals surface area contributed by atoms with Gasteiger partial charge in [-0.25, -0.2) is 0 Å². The normalized spacial score (nSPS) is 14.6. The summed E-state index contributed by atoms with van der Waals surface area (Å²) in [6, 6.07) is 15.9. The Bertz CT molecular complexity index is 913. The number of aryl methyl sites for hydroxylation is 2. The number of rotatable bonds is 13. The molecule has 8 heteroatoms. The van der Waals surface area contributed by atoms with Crippen LogP contribution in [0.2, 0.25) is 0 Å². The largest absolute Gasteiger partial charge is 0.497 e. The molecule has 0 bridgehead atoms. The molecule has 0 aromatic heterocycles. The second kappa shape index (κ2) is 12.8. The molecular weight excluding hydrogens is 424 g/mol. The molecule has 33 heavy (non-hydrogen) atoms.